The second-order valence-corrected chi connectivity index (χ2v) is 6.93. The predicted octanol–water partition coefficient (Wildman–Crippen LogP) is 6.63. The van der Waals surface area contributed by atoms with Gasteiger partial charge in [-0.2, -0.15) is 0 Å². The Bertz CT molecular complexity index is 1110. The van der Waals surface area contributed by atoms with Gasteiger partial charge in [0, 0.05) is 10.0 Å². The van der Waals surface area contributed by atoms with Gasteiger partial charge >= 0.3 is 5.97 Å². The van der Waals surface area contributed by atoms with Crippen molar-refractivity contribution in [3.8, 4) is 22.3 Å². The molecular formula is C23H15BrO2. The highest BCUT2D eigenvalue weighted by atomic mass is 79.9. The molecule has 0 amide bonds. The highest BCUT2D eigenvalue weighted by Crippen LogP contribution is 2.41. The van der Waals surface area contributed by atoms with Crippen molar-refractivity contribution in [3.63, 3.8) is 0 Å². The Kier molecular flexibility index (Phi) is 4.31. The number of fused-ring (bicyclic) bond motifs is 1. The maximum atomic E-state index is 11.6. The lowest BCUT2D eigenvalue weighted by Crippen LogP contribution is -1.99. The molecule has 0 aliphatic heterocycles. The summed E-state index contributed by atoms with van der Waals surface area (Å²) in [4.78, 5) is 11.6. The van der Waals surface area contributed by atoms with Crippen LogP contribution in [0.2, 0.25) is 0 Å². The van der Waals surface area contributed by atoms with Crippen LogP contribution in [-0.2, 0) is 0 Å². The Morgan fingerprint density at radius 2 is 1.46 bits per heavy atom. The third-order valence-corrected chi connectivity index (χ3v) is 5.10. The summed E-state index contributed by atoms with van der Waals surface area (Å²) in [5.74, 6) is -0.938. The minimum absolute atomic E-state index is 0.263. The molecule has 26 heavy (non-hydrogen) atoms. The first-order valence-corrected chi connectivity index (χ1v) is 9.05. The second kappa shape index (κ2) is 6.77. The van der Waals surface area contributed by atoms with Crippen LogP contribution in [0.15, 0.2) is 89.4 Å². The van der Waals surface area contributed by atoms with Crippen molar-refractivity contribution in [1.82, 2.24) is 0 Å². The molecule has 0 radical (unpaired) electrons. The number of benzene rings is 4. The number of rotatable bonds is 3. The van der Waals surface area contributed by atoms with Crippen LogP contribution in [0.1, 0.15) is 10.4 Å². The molecule has 0 heterocycles. The fourth-order valence-electron chi connectivity index (χ4n) is 3.30. The van der Waals surface area contributed by atoms with E-state index in [1.165, 1.54) is 0 Å². The number of hydrogen-bond donors (Lipinski definition) is 1. The van der Waals surface area contributed by atoms with Crippen molar-refractivity contribution >= 4 is 32.7 Å². The van der Waals surface area contributed by atoms with E-state index in [-0.39, 0.29) is 5.56 Å². The minimum atomic E-state index is -0.938. The predicted molar refractivity (Wildman–Crippen MR) is 109 cm³/mol. The lowest BCUT2D eigenvalue weighted by Gasteiger charge is -2.16. The topological polar surface area (TPSA) is 37.3 Å². The highest BCUT2D eigenvalue weighted by molar-refractivity contribution is 9.10. The van der Waals surface area contributed by atoms with E-state index < -0.39 is 5.97 Å². The molecule has 0 aliphatic rings. The molecule has 3 heteroatoms. The summed E-state index contributed by atoms with van der Waals surface area (Å²) < 4.78 is 0.770. The van der Waals surface area contributed by atoms with E-state index in [1.54, 1.807) is 12.1 Å². The molecule has 0 bridgehead atoms. The number of halogens is 1. The maximum absolute atomic E-state index is 11.6. The van der Waals surface area contributed by atoms with Crippen molar-refractivity contribution in [2.24, 2.45) is 0 Å². The molecular weight excluding hydrogens is 388 g/mol. The van der Waals surface area contributed by atoms with Gasteiger partial charge in [-0.15, -0.1) is 0 Å². The van der Waals surface area contributed by atoms with Gasteiger partial charge in [0.1, 0.15) is 0 Å². The SMILES string of the molecule is O=C(O)c1cc(Br)c(-c2ccccc2)c(-c2cccc3ccccc23)c1. The summed E-state index contributed by atoms with van der Waals surface area (Å²) in [7, 11) is 0. The highest BCUT2D eigenvalue weighted by Gasteiger charge is 2.17. The first-order valence-electron chi connectivity index (χ1n) is 8.25. The molecule has 0 fully saturated rings. The molecule has 4 aromatic rings. The largest absolute Gasteiger partial charge is 0.478 e. The molecule has 0 atom stereocenters. The van der Waals surface area contributed by atoms with E-state index in [9.17, 15) is 9.90 Å². The summed E-state index contributed by atoms with van der Waals surface area (Å²) in [6.07, 6.45) is 0. The van der Waals surface area contributed by atoms with E-state index in [2.05, 4.69) is 34.1 Å². The van der Waals surface area contributed by atoms with Gasteiger partial charge < -0.3 is 5.11 Å². The first kappa shape index (κ1) is 16.6. The Morgan fingerprint density at radius 1 is 0.769 bits per heavy atom. The van der Waals surface area contributed by atoms with Crippen LogP contribution in [0, 0.1) is 0 Å². The Morgan fingerprint density at radius 3 is 2.23 bits per heavy atom. The molecule has 2 nitrogen and oxygen atoms in total. The standard InChI is InChI=1S/C23H15BrO2/c24-21-14-17(23(25)26)13-20(22(21)16-8-2-1-3-9-16)19-12-6-10-15-7-4-5-11-18(15)19/h1-14H,(H,25,26). The van der Waals surface area contributed by atoms with Gasteiger partial charge in [-0.25, -0.2) is 4.79 Å². The van der Waals surface area contributed by atoms with Crippen molar-refractivity contribution in [2.45, 2.75) is 0 Å². The van der Waals surface area contributed by atoms with Gasteiger partial charge in [0.15, 0.2) is 0 Å². The molecule has 0 aromatic heterocycles. The molecule has 126 valence electrons. The third kappa shape index (κ3) is 2.91. The molecule has 4 aromatic carbocycles. The van der Waals surface area contributed by atoms with Crippen LogP contribution < -0.4 is 0 Å². The molecule has 4 rings (SSSR count). The fourth-order valence-corrected chi connectivity index (χ4v) is 3.99. The zero-order valence-corrected chi connectivity index (χ0v) is 15.4. The monoisotopic (exact) mass is 402 g/mol. The van der Waals surface area contributed by atoms with Crippen molar-refractivity contribution in [3.05, 3.63) is 95.0 Å². The molecule has 0 spiro atoms. The Balaban J connectivity index is 2.10. The van der Waals surface area contributed by atoms with E-state index in [0.717, 1.165) is 37.5 Å². The van der Waals surface area contributed by atoms with E-state index in [0.29, 0.717) is 0 Å². The number of hydrogen-bond acceptors (Lipinski definition) is 1. The summed E-state index contributed by atoms with van der Waals surface area (Å²) in [5, 5.41) is 11.8. The van der Waals surface area contributed by atoms with Crippen LogP contribution in [0.3, 0.4) is 0 Å². The number of carboxylic acids is 1. The van der Waals surface area contributed by atoms with Gasteiger partial charge in [0.25, 0.3) is 0 Å². The van der Waals surface area contributed by atoms with Crippen LogP contribution in [0.4, 0.5) is 0 Å². The number of carbonyl (C=O) groups is 1. The fraction of sp³-hybridized carbons (Fsp3) is 0. The van der Waals surface area contributed by atoms with Gasteiger partial charge in [-0.1, -0.05) is 88.7 Å². The van der Waals surface area contributed by atoms with Crippen LogP contribution in [0.25, 0.3) is 33.0 Å². The first-order chi connectivity index (χ1) is 12.6. The van der Waals surface area contributed by atoms with Gasteiger partial charge in [0.05, 0.1) is 5.56 Å². The lowest BCUT2D eigenvalue weighted by molar-refractivity contribution is 0.0697. The van der Waals surface area contributed by atoms with Crippen molar-refractivity contribution in [1.29, 1.82) is 0 Å². The smallest absolute Gasteiger partial charge is 0.335 e. The quantitative estimate of drug-likeness (QED) is 0.417. The maximum Gasteiger partial charge on any atom is 0.335 e. The van der Waals surface area contributed by atoms with Crippen molar-refractivity contribution < 1.29 is 9.90 Å². The molecule has 0 saturated heterocycles. The normalized spacial score (nSPS) is 10.8. The summed E-state index contributed by atoms with van der Waals surface area (Å²) >= 11 is 3.60. The van der Waals surface area contributed by atoms with E-state index >= 15 is 0 Å². The van der Waals surface area contributed by atoms with E-state index in [1.807, 2.05) is 54.6 Å². The molecule has 0 aliphatic carbocycles. The number of aromatic carboxylic acids is 1. The van der Waals surface area contributed by atoms with Gasteiger partial charge in [0.2, 0.25) is 0 Å². The Hall–Kier alpha value is -2.91. The zero-order chi connectivity index (χ0) is 18.1. The molecule has 0 saturated carbocycles. The van der Waals surface area contributed by atoms with Gasteiger partial charge in [-0.05, 0) is 39.6 Å². The van der Waals surface area contributed by atoms with Gasteiger partial charge in [-0.3, -0.25) is 0 Å². The van der Waals surface area contributed by atoms with Crippen LogP contribution in [-0.4, -0.2) is 11.1 Å². The lowest BCUT2D eigenvalue weighted by atomic mass is 9.90. The zero-order valence-electron chi connectivity index (χ0n) is 13.8. The summed E-state index contributed by atoms with van der Waals surface area (Å²) in [5.41, 5.74) is 4.22. The summed E-state index contributed by atoms with van der Waals surface area (Å²) in [6, 6.07) is 27.7. The molecule has 0 unspecified atom stereocenters. The van der Waals surface area contributed by atoms with Crippen molar-refractivity contribution in [2.75, 3.05) is 0 Å². The second-order valence-electron chi connectivity index (χ2n) is 6.08. The van der Waals surface area contributed by atoms with Crippen LogP contribution >= 0.6 is 15.9 Å². The Labute approximate surface area is 159 Å². The molecule has 1 N–H and O–H groups in total. The average molecular weight is 403 g/mol. The van der Waals surface area contributed by atoms with E-state index in [4.69, 9.17) is 0 Å². The number of carboxylic acid groups (broad SMARTS) is 1. The summed E-state index contributed by atoms with van der Waals surface area (Å²) in [6.45, 7) is 0. The minimum Gasteiger partial charge on any atom is -0.478 e. The average Bonchev–Trinajstić information content (AvgIpc) is 2.67. The third-order valence-electron chi connectivity index (χ3n) is 4.48. The van der Waals surface area contributed by atoms with Crippen LogP contribution in [0.5, 0.6) is 0 Å².